The van der Waals surface area contributed by atoms with Crippen molar-refractivity contribution in [3.05, 3.63) is 59.5 Å². The molecule has 88 valence electrons. The van der Waals surface area contributed by atoms with Gasteiger partial charge in [-0.2, -0.15) is 0 Å². The Morgan fingerprint density at radius 3 is 1.47 bits per heavy atom. The molecule has 2 rings (SSSR count). The summed E-state index contributed by atoms with van der Waals surface area (Å²) in [6.45, 7) is -7.53. The predicted octanol–water partition coefficient (Wildman–Crippen LogP) is 3.42. The minimum Gasteiger partial charge on any atom is -0.508 e. The third kappa shape index (κ3) is 2.26. The molecule has 0 radical (unpaired) electrons. The van der Waals surface area contributed by atoms with Gasteiger partial charge in [0, 0.05) is 13.6 Å². The Morgan fingerprint density at radius 1 is 0.824 bits per heavy atom. The zero-order valence-electron chi connectivity index (χ0n) is 22.4. The average Bonchev–Trinajstić information content (AvgIpc) is 2.64. The third-order valence-electron chi connectivity index (χ3n) is 1.97. The lowest BCUT2D eigenvalue weighted by Crippen LogP contribution is -2.18. The summed E-state index contributed by atoms with van der Waals surface area (Å²) in [7, 11) is 0. The van der Waals surface area contributed by atoms with Crippen molar-refractivity contribution in [3.63, 3.8) is 0 Å². The van der Waals surface area contributed by atoms with E-state index in [0.29, 0.717) is 0 Å². The molecule has 0 amide bonds. The maximum atomic E-state index is 9.80. The molecular formula is C15H16O2. The smallest absolute Gasteiger partial charge is 0.115 e. The van der Waals surface area contributed by atoms with E-state index in [1.807, 2.05) is 0 Å². The van der Waals surface area contributed by atoms with Gasteiger partial charge in [-0.3, -0.25) is 0 Å². The molecule has 0 bridgehead atoms. The monoisotopic (exact) mass is 242 g/mol. The minimum atomic E-state index is -3.76. The second kappa shape index (κ2) is 4.13. The van der Waals surface area contributed by atoms with E-state index in [2.05, 4.69) is 0 Å². The third-order valence-corrected chi connectivity index (χ3v) is 1.97. The van der Waals surface area contributed by atoms with Crippen LogP contribution in [0.2, 0.25) is 0 Å². The number of rotatable bonds is 2. The Bertz CT molecular complexity index is 926. The summed E-state index contributed by atoms with van der Waals surface area (Å²) in [5.74, 6) is -2.34. The number of aromatic hydroxyl groups is 2. The number of phenols is 2. The molecule has 2 N–H and O–H groups in total. The first-order valence-corrected chi connectivity index (χ1v) is 4.45. The summed E-state index contributed by atoms with van der Waals surface area (Å²) >= 11 is 0. The summed E-state index contributed by atoms with van der Waals surface area (Å²) < 4.78 is 112. The topological polar surface area (TPSA) is 40.5 Å². The average molecular weight is 242 g/mol. The van der Waals surface area contributed by atoms with Gasteiger partial charge in [0.2, 0.25) is 0 Å². The Hall–Kier alpha value is -1.96. The van der Waals surface area contributed by atoms with Crippen LogP contribution in [0.15, 0.2) is 48.3 Å². The van der Waals surface area contributed by atoms with Crippen LogP contribution >= 0.6 is 0 Å². The van der Waals surface area contributed by atoms with Crippen LogP contribution in [-0.2, 0) is 5.41 Å². The van der Waals surface area contributed by atoms with E-state index in [0.717, 1.165) is 0 Å². The van der Waals surface area contributed by atoms with Gasteiger partial charge in [0.05, 0.1) is 11.0 Å². The molecule has 2 aromatic rings. The molecule has 0 fully saturated rings. The van der Waals surface area contributed by atoms with E-state index in [1.165, 1.54) is 0 Å². The fourth-order valence-corrected chi connectivity index (χ4v) is 1.11. The van der Waals surface area contributed by atoms with Crippen molar-refractivity contribution in [2.45, 2.75) is 19.1 Å². The van der Waals surface area contributed by atoms with Gasteiger partial charge in [0.25, 0.3) is 0 Å². The van der Waals surface area contributed by atoms with E-state index in [4.69, 9.17) is 19.2 Å². The summed E-state index contributed by atoms with van der Waals surface area (Å²) in [6.07, 6.45) is 0. The molecule has 2 nitrogen and oxygen atoms in total. The number of hydrogen-bond donors (Lipinski definition) is 2. The first-order valence-electron chi connectivity index (χ1n) is 11.4. The molecule has 0 aliphatic rings. The van der Waals surface area contributed by atoms with E-state index in [1.54, 1.807) is 0 Å². The highest BCUT2D eigenvalue weighted by molar-refractivity contribution is 5.41. The van der Waals surface area contributed by atoms with Gasteiger partial charge in [-0.1, -0.05) is 37.9 Å². The molecule has 0 aliphatic carbocycles. The van der Waals surface area contributed by atoms with Crippen LogP contribution in [0.4, 0.5) is 0 Å². The molecule has 0 saturated heterocycles. The molecule has 0 atom stereocenters. The molecule has 17 heavy (non-hydrogen) atoms. The Morgan fingerprint density at radius 2 is 1.18 bits per heavy atom. The normalized spacial score (nSPS) is 24.7. The Balaban J connectivity index is 3.41. The van der Waals surface area contributed by atoms with Crippen molar-refractivity contribution in [2.24, 2.45) is 0 Å². The van der Waals surface area contributed by atoms with Gasteiger partial charge in [0.15, 0.2) is 0 Å². The van der Waals surface area contributed by atoms with Crippen molar-refractivity contribution in [2.75, 3.05) is 0 Å². The molecular weight excluding hydrogens is 212 g/mol. The van der Waals surface area contributed by atoms with Crippen LogP contribution < -0.4 is 0 Å². The molecule has 0 unspecified atom stereocenters. The molecule has 0 aromatic heterocycles. The van der Waals surface area contributed by atoms with Gasteiger partial charge in [-0.05, 0) is 35.3 Å². The van der Waals surface area contributed by atoms with Gasteiger partial charge in [-0.25, -0.2) is 0 Å². The van der Waals surface area contributed by atoms with E-state index < -0.39 is 90.1 Å². The first-order chi connectivity index (χ1) is 13.9. The van der Waals surface area contributed by atoms with Gasteiger partial charge in [0.1, 0.15) is 11.5 Å². The standard InChI is InChI=1S/C15H16O2/c1-15(2,11-3-7-13(16)8-4-11)12-5-9-14(17)10-6-12/h3-10,16-17H,1-2H3/i1D3,2D3,3D,4D,5D,6D,7D,8D,9D,10D. The second-order valence-electron chi connectivity index (χ2n) is 3.20. The molecule has 2 aromatic carbocycles. The maximum absolute atomic E-state index is 9.80. The van der Waals surface area contributed by atoms with E-state index in [-0.39, 0.29) is 0 Å². The summed E-state index contributed by atoms with van der Waals surface area (Å²) in [5, 5.41) is 19.6. The maximum Gasteiger partial charge on any atom is 0.115 e. The SMILES string of the molecule is [2H]c1c([2H])c(C(c2c([2H])c([2H])c(O)c([2H])c2[2H])(C([2H])([2H])[2H])C([2H])([2H])[2H])c([2H])c([2H])c1O. The molecule has 0 spiro atoms. The van der Waals surface area contributed by atoms with Crippen molar-refractivity contribution in [3.8, 4) is 11.5 Å². The minimum absolute atomic E-state index is 1.15. The highest BCUT2D eigenvalue weighted by Crippen LogP contribution is 2.32. The summed E-state index contributed by atoms with van der Waals surface area (Å²) in [6, 6.07) is -9.56. The van der Waals surface area contributed by atoms with Gasteiger partial charge in [-0.15, -0.1) is 0 Å². The molecule has 0 saturated carbocycles. The fourth-order valence-electron chi connectivity index (χ4n) is 1.11. The Labute approximate surface area is 121 Å². The Kier molecular flexibility index (Phi) is 0.798. The fraction of sp³-hybridized carbons (Fsp3) is 0.200. The van der Waals surface area contributed by atoms with Crippen LogP contribution in [-0.4, -0.2) is 10.2 Å². The van der Waals surface area contributed by atoms with Crippen molar-refractivity contribution >= 4 is 0 Å². The van der Waals surface area contributed by atoms with Gasteiger partial charge < -0.3 is 10.2 Å². The molecule has 0 heterocycles. The summed E-state index contributed by atoms with van der Waals surface area (Å²) in [5.41, 5.74) is -6.10. The van der Waals surface area contributed by atoms with Crippen molar-refractivity contribution < 1.29 is 29.4 Å². The second-order valence-corrected chi connectivity index (χ2v) is 3.20. The van der Waals surface area contributed by atoms with Crippen LogP contribution in [0.1, 0.15) is 44.0 Å². The van der Waals surface area contributed by atoms with Gasteiger partial charge >= 0.3 is 0 Å². The van der Waals surface area contributed by atoms with E-state index in [9.17, 15) is 10.2 Å². The quantitative estimate of drug-likeness (QED) is 0.847. The van der Waals surface area contributed by atoms with Crippen LogP contribution in [0, 0.1) is 0 Å². The van der Waals surface area contributed by atoms with Crippen LogP contribution in [0.3, 0.4) is 0 Å². The zero-order chi connectivity index (χ0) is 24.4. The van der Waals surface area contributed by atoms with E-state index >= 15 is 0 Å². The predicted molar refractivity (Wildman–Crippen MR) is 68.3 cm³/mol. The highest BCUT2D eigenvalue weighted by atomic mass is 16.3. The number of phenolic OH excluding ortho intramolecular Hbond substituents is 2. The van der Waals surface area contributed by atoms with Crippen molar-refractivity contribution in [1.82, 2.24) is 0 Å². The van der Waals surface area contributed by atoms with Crippen LogP contribution in [0.5, 0.6) is 11.5 Å². The van der Waals surface area contributed by atoms with Crippen molar-refractivity contribution in [1.29, 1.82) is 0 Å². The molecule has 0 aliphatic heterocycles. The molecule has 2 heteroatoms. The number of hydrogen-bond acceptors (Lipinski definition) is 2. The first kappa shape index (κ1) is 3.29. The lowest BCUT2D eigenvalue weighted by Gasteiger charge is -2.26. The lowest BCUT2D eigenvalue weighted by molar-refractivity contribution is 0.474. The highest BCUT2D eigenvalue weighted by Gasteiger charge is 2.22. The zero-order valence-corrected chi connectivity index (χ0v) is 8.39. The summed E-state index contributed by atoms with van der Waals surface area (Å²) in [4.78, 5) is 0. The van der Waals surface area contributed by atoms with Crippen LogP contribution in [0.25, 0.3) is 0 Å². The number of benzene rings is 2. The lowest BCUT2D eigenvalue weighted by atomic mass is 9.78. The largest absolute Gasteiger partial charge is 0.508 e.